The molecule has 0 bridgehead atoms. The molecule has 0 amide bonds. The zero-order valence-electron chi connectivity index (χ0n) is 12.2. The second-order valence-corrected chi connectivity index (χ2v) is 5.01. The summed E-state index contributed by atoms with van der Waals surface area (Å²) in [6, 6.07) is 3.57. The fourth-order valence-electron chi connectivity index (χ4n) is 2.87. The van der Waals surface area contributed by atoms with Crippen molar-refractivity contribution in [2.24, 2.45) is 0 Å². The summed E-state index contributed by atoms with van der Waals surface area (Å²) in [7, 11) is 0. The summed E-state index contributed by atoms with van der Waals surface area (Å²) in [4.78, 5) is 3.89. The van der Waals surface area contributed by atoms with Crippen LogP contribution in [0.1, 0.15) is 41.8 Å². The van der Waals surface area contributed by atoms with Crippen molar-refractivity contribution in [3.8, 4) is 0 Å². The molecule has 20 heavy (non-hydrogen) atoms. The molecule has 108 valence electrons. The molecule has 2 aromatic rings. The number of fused-ring (bicyclic) bond motifs is 1. The number of halogens is 3. The molecule has 0 saturated carbocycles. The van der Waals surface area contributed by atoms with Crippen LogP contribution in [-0.4, -0.2) is 4.98 Å². The van der Waals surface area contributed by atoms with Gasteiger partial charge in [0.05, 0.1) is 5.52 Å². The summed E-state index contributed by atoms with van der Waals surface area (Å²) in [6.07, 6.45) is -3.20. The van der Waals surface area contributed by atoms with Crippen molar-refractivity contribution in [1.82, 2.24) is 4.98 Å². The van der Waals surface area contributed by atoms with Crippen LogP contribution in [0.2, 0.25) is 0 Å². The molecular weight excluding hydrogens is 263 g/mol. The lowest BCUT2D eigenvalue weighted by molar-refractivity contribution is -0.141. The maximum Gasteiger partial charge on any atom is 0.433 e. The summed E-state index contributed by atoms with van der Waals surface area (Å²) in [5.74, 6) is 0. The van der Waals surface area contributed by atoms with Gasteiger partial charge < -0.3 is 0 Å². The van der Waals surface area contributed by atoms with Crippen molar-refractivity contribution in [2.45, 2.75) is 46.7 Å². The van der Waals surface area contributed by atoms with Gasteiger partial charge in [0, 0.05) is 5.39 Å². The number of benzene rings is 1. The van der Waals surface area contributed by atoms with E-state index in [0.29, 0.717) is 23.1 Å². The van der Waals surface area contributed by atoms with Crippen LogP contribution in [0.15, 0.2) is 12.1 Å². The molecule has 4 heteroatoms. The Labute approximate surface area is 116 Å². The van der Waals surface area contributed by atoms with Gasteiger partial charge in [-0.05, 0) is 55.0 Å². The van der Waals surface area contributed by atoms with Crippen LogP contribution in [-0.2, 0) is 19.0 Å². The van der Waals surface area contributed by atoms with Gasteiger partial charge in [0.2, 0.25) is 0 Å². The monoisotopic (exact) mass is 281 g/mol. The number of nitrogens with zero attached hydrogens (tertiary/aromatic N) is 1. The van der Waals surface area contributed by atoms with Gasteiger partial charge in [0.25, 0.3) is 0 Å². The van der Waals surface area contributed by atoms with E-state index in [0.717, 1.165) is 22.9 Å². The van der Waals surface area contributed by atoms with Crippen molar-refractivity contribution < 1.29 is 13.2 Å². The summed E-state index contributed by atoms with van der Waals surface area (Å²) in [6.45, 7) is 7.51. The lowest BCUT2D eigenvalue weighted by Gasteiger charge is -2.18. The van der Waals surface area contributed by atoms with Crippen LogP contribution < -0.4 is 0 Å². The minimum Gasteiger partial charge on any atom is -0.243 e. The van der Waals surface area contributed by atoms with E-state index >= 15 is 0 Å². The van der Waals surface area contributed by atoms with E-state index in [1.54, 1.807) is 19.9 Å². The standard InChI is InChI=1S/C16H18F3N/c1-5-11-7-8-13-14(9(11)3)10(4)12(6-2)15(20-13)16(17,18)19/h7-8H,5-6H2,1-4H3. The van der Waals surface area contributed by atoms with Crippen molar-refractivity contribution in [1.29, 1.82) is 0 Å². The minimum absolute atomic E-state index is 0.307. The molecule has 0 aliphatic carbocycles. The van der Waals surface area contributed by atoms with Gasteiger partial charge >= 0.3 is 6.18 Å². The molecule has 1 heterocycles. The zero-order chi connectivity index (χ0) is 15.1. The number of alkyl halides is 3. The van der Waals surface area contributed by atoms with E-state index in [2.05, 4.69) is 4.98 Å². The SMILES string of the molecule is CCc1ccc2nc(C(F)(F)F)c(CC)c(C)c2c1C. The average Bonchev–Trinajstić information content (AvgIpc) is 2.37. The number of hydrogen-bond acceptors (Lipinski definition) is 1. The first-order chi connectivity index (χ1) is 9.31. The second kappa shape index (κ2) is 5.08. The molecule has 0 radical (unpaired) electrons. The van der Waals surface area contributed by atoms with Crippen LogP contribution in [0.3, 0.4) is 0 Å². The van der Waals surface area contributed by atoms with E-state index in [-0.39, 0.29) is 0 Å². The van der Waals surface area contributed by atoms with E-state index in [9.17, 15) is 13.2 Å². The third kappa shape index (κ3) is 2.28. The molecular formula is C16H18F3N. The van der Waals surface area contributed by atoms with Crippen LogP contribution in [0.4, 0.5) is 13.2 Å². The predicted molar refractivity (Wildman–Crippen MR) is 75.0 cm³/mol. The maximum absolute atomic E-state index is 13.1. The van der Waals surface area contributed by atoms with E-state index in [4.69, 9.17) is 0 Å². The fraction of sp³-hybridized carbons (Fsp3) is 0.438. The molecule has 1 aromatic heterocycles. The number of hydrogen-bond donors (Lipinski definition) is 0. The minimum atomic E-state index is -4.40. The van der Waals surface area contributed by atoms with E-state index in [1.165, 1.54) is 0 Å². The summed E-state index contributed by atoms with van der Waals surface area (Å²) >= 11 is 0. The third-order valence-electron chi connectivity index (χ3n) is 3.90. The highest BCUT2D eigenvalue weighted by Crippen LogP contribution is 2.36. The Morgan fingerprint density at radius 1 is 1.00 bits per heavy atom. The number of aromatic nitrogens is 1. The topological polar surface area (TPSA) is 12.9 Å². The van der Waals surface area contributed by atoms with Crippen LogP contribution in [0.5, 0.6) is 0 Å². The molecule has 0 aliphatic rings. The molecule has 0 atom stereocenters. The normalized spacial score (nSPS) is 12.2. The first kappa shape index (κ1) is 14.8. The van der Waals surface area contributed by atoms with Crippen molar-refractivity contribution >= 4 is 10.9 Å². The Morgan fingerprint density at radius 2 is 1.65 bits per heavy atom. The predicted octanol–water partition coefficient (Wildman–Crippen LogP) is 5.00. The number of aryl methyl sites for hydroxylation is 3. The fourth-order valence-corrected chi connectivity index (χ4v) is 2.87. The average molecular weight is 281 g/mol. The molecule has 0 unspecified atom stereocenters. The summed E-state index contributed by atoms with van der Waals surface area (Å²) in [5.41, 5.74) is 2.90. The smallest absolute Gasteiger partial charge is 0.243 e. The lowest BCUT2D eigenvalue weighted by Crippen LogP contribution is -2.14. The molecule has 1 nitrogen and oxygen atoms in total. The molecule has 0 spiro atoms. The van der Waals surface area contributed by atoms with E-state index in [1.807, 2.05) is 19.9 Å². The molecule has 0 aliphatic heterocycles. The lowest BCUT2D eigenvalue weighted by atomic mass is 9.93. The molecule has 0 saturated heterocycles. The largest absolute Gasteiger partial charge is 0.433 e. The van der Waals surface area contributed by atoms with Gasteiger partial charge in [-0.3, -0.25) is 0 Å². The first-order valence-corrected chi connectivity index (χ1v) is 6.80. The number of rotatable bonds is 2. The maximum atomic E-state index is 13.1. The highest BCUT2D eigenvalue weighted by molar-refractivity contribution is 5.87. The first-order valence-electron chi connectivity index (χ1n) is 6.80. The van der Waals surface area contributed by atoms with Gasteiger partial charge in [-0.1, -0.05) is 19.9 Å². The number of pyridine rings is 1. The van der Waals surface area contributed by atoms with Gasteiger partial charge in [-0.25, -0.2) is 4.98 Å². The Balaban J connectivity index is 2.91. The van der Waals surface area contributed by atoms with Crippen LogP contribution in [0, 0.1) is 13.8 Å². The Bertz CT molecular complexity index is 657. The zero-order valence-corrected chi connectivity index (χ0v) is 12.2. The highest BCUT2D eigenvalue weighted by Gasteiger charge is 2.36. The Morgan fingerprint density at radius 3 is 2.15 bits per heavy atom. The molecule has 0 fully saturated rings. The van der Waals surface area contributed by atoms with E-state index < -0.39 is 11.9 Å². The van der Waals surface area contributed by atoms with Gasteiger partial charge in [0.1, 0.15) is 5.69 Å². The summed E-state index contributed by atoms with van der Waals surface area (Å²) in [5, 5.41) is 0.870. The Hall–Kier alpha value is -1.58. The quantitative estimate of drug-likeness (QED) is 0.755. The van der Waals surface area contributed by atoms with Gasteiger partial charge in [-0.15, -0.1) is 0 Å². The van der Waals surface area contributed by atoms with Crippen LogP contribution in [0.25, 0.3) is 10.9 Å². The van der Waals surface area contributed by atoms with Crippen LogP contribution >= 0.6 is 0 Å². The molecule has 1 aromatic carbocycles. The van der Waals surface area contributed by atoms with Crippen molar-refractivity contribution in [3.05, 3.63) is 40.1 Å². The second-order valence-electron chi connectivity index (χ2n) is 5.01. The summed E-state index contributed by atoms with van der Waals surface area (Å²) < 4.78 is 39.4. The molecule has 2 rings (SSSR count). The highest BCUT2D eigenvalue weighted by atomic mass is 19.4. The van der Waals surface area contributed by atoms with Gasteiger partial charge in [-0.2, -0.15) is 13.2 Å². The van der Waals surface area contributed by atoms with Crippen molar-refractivity contribution in [3.63, 3.8) is 0 Å². The van der Waals surface area contributed by atoms with Crippen molar-refractivity contribution in [2.75, 3.05) is 0 Å². The molecule has 0 N–H and O–H groups in total. The third-order valence-corrected chi connectivity index (χ3v) is 3.90. The Kier molecular flexibility index (Phi) is 3.76. The van der Waals surface area contributed by atoms with Gasteiger partial charge in [0.15, 0.2) is 0 Å².